The number of fused-ring (bicyclic) bond motifs is 1. The second-order valence-electron chi connectivity index (χ2n) is 8.86. The molecule has 0 radical (unpaired) electrons. The Kier molecular flexibility index (Phi) is 5.91. The number of hydrogen-bond donors (Lipinski definition) is 2. The van der Waals surface area contributed by atoms with E-state index in [0.29, 0.717) is 18.3 Å². The van der Waals surface area contributed by atoms with Crippen LogP contribution in [0.25, 0.3) is 11.0 Å². The summed E-state index contributed by atoms with van der Waals surface area (Å²) >= 11 is 0. The highest BCUT2D eigenvalue weighted by atomic mass is 16.2. The van der Waals surface area contributed by atoms with Gasteiger partial charge in [0.1, 0.15) is 5.69 Å². The van der Waals surface area contributed by atoms with Crippen molar-refractivity contribution in [2.45, 2.75) is 64.1 Å². The fourth-order valence-corrected chi connectivity index (χ4v) is 4.82. The number of carbonyl (C=O) groups is 1. The van der Waals surface area contributed by atoms with Crippen LogP contribution in [-0.4, -0.2) is 39.4 Å². The highest BCUT2D eigenvalue weighted by Gasteiger charge is 2.32. The molecule has 0 saturated heterocycles. The second kappa shape index (κ2) is 8.60. The molecular weight excluding hydrogens is 372 g/mol. The standard InChI is InChI=1S/C25H32N4O/c1-4-29(24(30)23-17-22-21(27-23)14-9-15-26-22)20-13-8-12-19(16-20)28-25(2,3)18-10-6-5-7-11-18/h5-7,9-11,14-15,17,19-20,27-28H,4,8,12-13,16H2,1-3H3/t19-,20-/m0/s1. The van der Waals surface area contributed by atoms with E-state index in [9.17, 15) is 4.79 Å². The van der Waals surface area contributed by atoms with Crippen LogP contribution in [0.2, 0.25) is 0 Å². The van der Waals surface area contributed by atoms with Crippen molar-refractivity contribution >= 4 is 16.9 Å². The summed E-state index contributed by atoms with van der Waals surface area (Å²) in [6, 6.07) is 17.0. The van der Waals surface area contributed by atoms with Gasteiger partial charge in [-0.3, -0.25) is 9.78 Å². The number of nitrogens with zero attached hydrogens (tertiary/aromatic N) is 2. The molecule has 2 N–H and O–H groups in total. The number of nitrogens with one attached hydrogen (secondary N) is 2. The van der Waals surface area contributed by atoms with E-state index >= 15 is 0 Å². The molecule has 1 amide bonds. The summed E-state index contributed by atoms with van der Waals surface area (Å²) in [6.07, 6.45) is 6.07. The van der Waals surface area contributed by atoms with Crippen molar-refractivity contribution in [3.63, 3.8) is 0 Å². The highest BCUT2D eigenvalue weighted by Crippen LogP contribution is 2.29. The first-order chi connectivity index (χ1) is 14.5. The molecule has 0 spiro atoms. The number of aromatic amines is 1. The van der Waals surface area contributed by atoms with Gasteiger partial charge in [-0.15, -0.1) is 0 Å². The molecule has 2 atom stereocenters. The van der Waals surface area contributed by atoms with E-state index in [1.807, 2.05) is 23.1 Å². The summed E-state index contributed by atoms with van der Waals surface area (Å²) in [5.41, 5.74) is 3.57. The third-order valence-corrected chi connectivity index (χ3v) is 6.37. The first-order valence-electron chi connectivity index (χ1n) is 11.1. The van der Waals surface area contributed by atoms with E-state index in [-0.39, 0.29) is 17.5 Å². The van der Waals surface area contributed by atoms with E-state index in [0.717, 1.165) is 36.7 Å². The maximum absolute atomic E-state index is 13.3. The van der Waals surface area contributed by atoms with Gasteiger partial charge in [0.05, 0.1) is 11.0 Å². The van der Waals surface area contributed by atoms with Crippen molar-refractivity contribution in [3.05, 3.63) is 66.0 Å². The SMILES string of the molecule is CCN(C(=O)c1cc2ncccc2[nH]1)[C@H]1CCC[C@H](NC(C)(C)c2ccccc2)C1. The molecule has 2 aromatic heterocycles. The fraction of sp³-hybridized carbons (Fsp3) is 0.440. The topological polar surface area (TPSA) is 61.0 Å². The third-order valence-electron chi connectivity index (χ3n) is 6.37. The molecule has 3 aromatic rings. The zero-order chi connectivity index (χ0) is 21.1. The first kappa shape index (κ1) is 20.6. The van der Waals surface area contributed by atoms with Gasteiger partial charge in [0.15, 0.2) is 0 Å². The zero-order valence-corrected chi connectivity index (χ0v) is 18.2. The van der Waals surface area contributed by atoms with Crippen LogP contribution in [0.15, 0.2) is 54.7 Å². The minimum Gasteiger partial charge on any atom is -0.349 e. The molecule has 5 nitrogen and oxygen atoms in total. The predicted molar refractivity (Wildman–Crippen MR) is 121 cm³/mol. The molecule has 30 heavy (non-hydrogen) atoms. The molecule has 5 heteroatoms. The Morgan fingerprint density at radius 2 is 2.00 bits per heavy atom. The number of amides is 1. The van der Waals surface area contributed by atoms with E-state index in [1.165, 1.54) is 5.56 Å². The molecule has 4 rings (SSSR count). The summed E-state index contributed by atoms with van der Waals surface area (Å²) in [4.78, 5) is 22.9. The van der Waals surface area contributed by atoms with Crippen LogP contribution in [-0.2, 0) is 5.54 Å². The van der Waals surface area contributed by atoms with Crippen LogP contribution < -0.4 is 5.32 Å². The lowest BCUT2D eigenvalue weighted by Gasteiger charge is -2.40. The molecule has 0 unspecified atom stereocenters. The summed E-state index contributed by atoms with van der Waals surface area (Å²) < 4.78 is 0. The second-order valence-corrected chi connectivity index (χ2v) is 8.86. The van der Waals surface area contributed by atoms with Crippen molar-refractivity contribution in [3.8, 4) is 0 Å². The smallest absolute Gasteiger partial charge is 0.270 e. The van der Waals surface area contributed by atoms with Gasteiger partial charge in [-0.2, -0.15) is 0 Å². The average Bonchev–Trinajstić information content (AvgIpc) is 3.19. The molecule has 158 valence electrons. The van der Waals surface area contributed by atoms with Crippen LogP contribution in [0.4, 0.5) is 0 Å². The monoisotopic (exact) mass is 404 g/mol. The van der Waals surface area contributed by atoms with E-state index in [4.69, 9.17) is 0 Å². The minimum atomic E-state index is -0.0995. The normalized spacial score (nSPS) is 19.7. The van der Waals surface area contributed by atoms with Gasteiger partial charge in [0, 0.05) is 30.4 Å². The van der Waals surface area contributed by atoms with E-state index < -0.39 is 0 Å². The minimum absolute atomic E-state index is 0.0727. The summed E-state index contributed by atoms with van der Waals surface area (Å²) in [6.45, 7) is 7.27. The van der Waals surface area contributed by atoms with Gasteiger partial charge in [0.25, 0.3) is 5.91 Å². The molecule has 1 saturated carbocycles. The van der Waals surface area contributed by atoms with Gasteiger partial charge in [-0.1, -0.05) is 30.3 Å². The van der Waals surface area contributed by atoms with Gasteiger partial charge >= 0.3 is 0 Å². The highest BCUT2D eigenvalue weighted by molar-refractivity contribution is 5.97. The lowest BCUT2D eigenvalue weighted by Crippen LogP contribution is -2.51. The van der Waals surface area contributed by atoms with Gasteiger partial charge in [0.2, 0.25) is 0 Å². The molecule has 1 fully saturated rings. The zero-order valence-electron chi connectivity index (χ0n) is 18.2. The number of H-pyrrole nitrogens is 1. The summed E-state index contributed by atoms with van der Waals surface area (Å²) in [5, 5.41) is 3.86. The number of benzene rings is 1. The Hall–Kier alpha value is -2.66. The lowest BCUT2D eigenvalue weighted by molar-refractivity contribution is 0.0614. The van der Waals surface area contributed by atoms with Gasteiger partial charge < -0.3 is 15.2 Å². The predicted octanol–water partition coefficient (Wildman–Crippen LogP) is 4.86. The van der Waals surface area contributed by atoms with Crippen molar-refractivity contribution in [2.75, 3.05) is 6.54 Å². The molecule has 0 aliphatic heterocycles. The van der Waals surface area contributed by atoms with E-state index in [1.54, 1.807) is 6.20 Å². The lowest BCUT2D eigenvalue weighted by atomic mass is 9.86. The largest absolute Gasteiger partial charge is 0.349 e. The Morgan fingerprint density at radius 3 is 2.73 bits per heavy atom. The Labute approximate surface area is 178 Å². The number of hydrogen-bond acceptors (Lipinski definition) is 3. The first-order valence-corrected chi connectivity index (χ1v) is 11.1. The molecule has 1 aliphatic rings. The quantitative estimate of drug-likeness (QED) is 0.617. The van der Waals surface area contributed by atoms with Crippen LogP contribution in [0.5, 0.6) is 0 Å². The van der Waals surface area contributed by atoms with Crippen molar-refractivity contribution in [2.24, 2.45) is 0 Å². The maximum Gasteiger partial charge on any atom is 0.270 e. The fourth-order valence-electron chi connectivity index (χ4n) is 4.82. The number of carbonyl (C=O) groups excluding carboxylic acids is 1. The molecule has 1 aliphatic carbocycles. The molecule has 1 aromatic carbocycles. The Bertz CT molecular complexity index is 962. The van der Waals surface area contributed by atoms with Gasteiger partial charge in [-0.25, -0.2) is 0 Å². The number of aromatic nitrogens is 2. The number of rotatable bonds is 6. The Morgan fingerprint density at radius 1 is 1.20 bits per heavy atom. The van der Waals surface area contributed by atoms with Crippen LogP contribution in [0, 0.1) is 0 Å². The summed E-state index contributed by atoms with van der Waals surface area (Å²) in [7, 11) is 0. The van der Waals surface area contributed by atoms with Crippen LogP contribution in [0.1, 0.15) is 62.5 Å². The molecule has 0 bridgehead atoms. The average molecular weight is 405 g/mol. The van der Waals surface area contributed by atoms with Crippen molar-refractivity contribution < 1.29 is 4.79 Å². The van der Waals surface area contributed by atoms with Crippen LogP contribution in [0.3, 0.4) is 0 Å². The van der Waals surface area contributed by atoms with Gasteiger partial charge in [-0.05, 0) is 70.2 Å². The molecule has 2 heterocycles. The summed E-state index contributed by atoms with van der Waals surface area (Å²) in [5.74, 6) is 0.0727. The van der Waals surface area contributed by atoms with Crippen molar-refractivity contribution in [1.29, 1.82) is 0 Å². The van der Waals surface area contributed by atoms with Crippen molar-refractivity contribution in [1.82, 2.24) is 20.2 Å². The third kappa shape index (κ3) is 4.26. The van der Waals surface area contributed by atoms with Crippen LogP contribution >= 0.6 is 0 Å². The Balaban J connectivity index is 1.47. The maximum atomic E-state index is 13.3. The van der Waals surface area contributed by atoms with E-state index in [2.05, 4.69) is 66.4 Å². The molecular formula is C25H32N4O. The number of pyridine rings is 1.